The number of halogens is 1. The molecular formula is C16H11FO3S. The van der Waals surface area contributed by atoms with Crippen molar-refractivity contribution in [1.82, 2.24) is 0 Å². The highest BCUT2D eigenvalue weighted by Gasteiger charge is 2.17. The van der Waals surface area contributed by atoms with Crippen LogP contribution in [-0.2, 0) is 10.1 Å². The van der Waals surface area contributed by atoms with E-state index in [9.17, 15) is 12.8 Å². The predicted molar refractivity (Wildman–Crippen MR) is 78.2 cm³/mol. The first kappa shape index (κ1) is 13.6. The molecule has 0 unspecified atom stereocenters. The molecule has 0 saturated heterocycles. The summed E-state index contributed by atoms with van der Waals surface area (Å²) in [5, 5.41) is 1.58. The van der Waals surface area contributed by atoms with E-state index in [1.807, 2.05) is 18.2 Å². The summed E-state index contributed by atoms with van der Waals surface area (Å²) in [7, 11) is -3.99. The van der Waals surface area contributed by atoms with E-state index >= 15 is 0 Å². The third-order valence-corrected chi connectivity index (χ3v) is 4.30. The smallest absolute Gasteiger partial charge is 0.339 e. The first-order valence-corrected chi connectivity index (χ1v) is 7.65. The van der Waals surface area contributed by atoms with Gasteiger partial charge in [0.25, 0.3) is 0 Å². The minimum Gasteiger partial charge on any atom is -0.378 e. The largest absolute Gasteiger partial charge is 0.378 e. The number of benzene rings is 3. The van der Waals surface area contributed by atoms with E-state index in [4.69, 9.17) is 4.18 Å². The molecule has 0 fully saturated rings. The van der Waals surface area contributed by atoms with Crippen molar-refractivity contribution in [2.24, 2.45) is 0 Å². The highest BCUT2D eigenvalue weighted by Crippen LogP contribution is 2.28. The fraction of sp³-hybridized carbons (Fsp3) is 0. The van der Waals surface area contributed by atoms with E-state index in [1.165, 1.54) is 12.1 Å². The lowest BCUT2D eigenvalue weighted by Crippen LogP contribution is -2.09. The minimum atomic E-state index is -3.99. The van der Waals surface area contributed by atoms with Gasteiger partial charge in [0.05, 0.1) is 0 Å². The molecule has 106 valence electrons. The molecule has 3 aromatic carbocycles. The van der Waals surface area contributed by atoms with Gasteiger partial charge in [-0.05, 0) is 35.7 Å². The molecule has 3 rings (SSSR count). The molecule has 21 heavy (non-hydrogen) atoms. The van der Waals surface area contributed by atoms with Gasteiger partial charge < -0.3 is 4.18 Å². The fourth-order valence-corrected chi connectivity index (χ4v) is 2.98. The van der Waals surface area contributed by atoms with Crippen LogP contribution < -0.4 is 4.18 Å². The second kappa shape index (κ2) is 5.18. The van der Waals surface area contributed by atoms with E-state index in [0.29, 0.717) is 5.39 Å². The normalized spacial score (nSPS) is 11.5. The summed E-state index contributed by atoms with van der Waals surface area (Å²) in [5.74, 6) is -0.253. The molecule has 0 N–H and O–H groups in total. The highest BCUT2D eigenvalue weighted by atomic mass is 32.2. The standard InChI is InChI=1S/C16H11FO3S/c17-13-8-10-14(11-9-13)21(18,19)20-16-7-3-5-12-4-1-2-6-15(12)16/h1-11H. The summed E-state index contributed by atoms with van der Waals surface area (Å²) in [6.45, 7) is 0. The Kier molecular flexibility index (Phi) is 3.35. The Morgan fingerprint density at radius 3 is 2.24 bits per heavy atom. The topological polar surface area (TPSA) is 43.4 Å². The van der Waals surface area contributed by atoms with Gasteiger partial charge in [0.15, 0.2) is 5.75 Å². The van der Waals surface area contributed by atoms with Crippen molar-refractivity contribution in [3.05, 3.63) is 72.5 Å². The van der Waals surface area contributed by atoms with Crippen LogP contribution in [0, 0.1) is 5.82 Å². The molecule has 0 saturated carbocycles. The molecule has 3 nitrogen and oxygen atoms in total. The van der Waals surface area contributed by atoms with Crippen molar-refractivity contribution < 1.29 is 17.0 Å². The molecule has 0 atom stereocenters. The molecule has 0 spiro atoms. The molecule has 5 heteroatoms. The molecule has 0 aliphatic carbocycles. The number of hydrogen-bond acceptors (Lipinski definition) is 3. The monoisotopic (exact) mass is 302 g/mol. The zero-order valence-corrected chi connectivity index (χ0v) is 11.7. The van der Waals surface area contributed by atoms with E-state index in [0.717, 1.165) is 17.5 Å². The Morgan fingerprint density at radius 1 is 0.810 bits per heavy atom. The second-order valence-corrected chi connectivity index (χ2v) is 6.01. The van der Waals surface area contributed by atoms with Gasteiger partial charge in [-0.3, -0.25) is 0 Å². The van der Waals surface area contributed by atoms with Crippen molar-refractivity contribution in [2.75, 3.05) is 0 Å². The molecule has 0 aliphatic rings. The highest BCUT2D eigenvalue weighted by molar-refractivity contribution is 7.87. The van der Waals surface area contributed by atoms with Crippen LogP contribution in [0.1, 0.15) is 0 Å². The summed E-state index contributed by atoms with van der Waals surface area (Å²) in [6, 6.07) is 17.0. The molecule has 0 aromatic heterocycles. The zero-order chi connectivity index (χ0) is 14.9. The average Bonchev–Trinajstić information content (AvgIpc) is 2.48. The second-order valence-electron chi connectivity index (χ2n) is 4.47. The van der Waals surface area contributed by atoms with Crippen LogP contribution in [0.2, 0.25) is 0 Å². The fourth-order valence-electron chi connectivity index (χ4n) is 2.04. The minimum absolute atomic E-state index is 0.0863. The molecule has 0 aliphatic heterocycles. The maximum atomic E-state index is 12.9. The lowest BCUT2D eigenvalue weighted by Gasteiger charge is -2.09. The van der Waals surface area contributed by atoms with Crippen molar-refractivity contribution in [3.63, 3.8) is 0 Å². The van der Waals surface area contributed by atoms with E-state index in [-0.39, 0.29) is 10.6 Å². The number of rotatable bonds is 3. The third kappa shape index (κ3) is 2.73. The van der Waals surface area contributed by atoms with Crippen molar-refractivity contribution in [3.8, 4) is 5.75 Å². The van der Waals surface area contributed by atoms with E-state index in [2.05, 4.69) is 0 Å². The van der Waals surface area contributed by atoms with Gasteiger partial charge in [-0.25, -0.2) is 4.39 Å². The van der Waals surface area contributed by atoms with Gasteiger partial charge in [0, 0.05) is 5.39 Å². The van der Waals surface area contributed by atoms with Crippen LogP contribution in [0.5, 0.6) is 5.75 Å². The Morgan fingerprint density at radius 2 is 1.48 bits per heavy atom. The van der Waals surface area contributed by atoms with Gasteiger partial charge >= 0.3 is 10.1 Å². The summed E-state index contributed by atoms with van der Waals surface area (Å²) >= 11 is 0. The summed E-state index contributed by atoms with van der Waals surface area (Å²) in [4.78, 5) is -0.0863. The van der Waals surface area contributed by atoms with Gasteiger partial charge in [0.1, 0.15) is 10.7 Å². The average molecular weight is 302 g/mol. The number of fused-ring (bicyclic) bond motifs is 1. The van der Waals surface area contributed by atoms with Crippen LogP contribution in [-0.4, -0.2) is 8.42 Å². The molecule has 3 aromatic rings. The van der Waals surface area contributed by atoms with Crippen molar-refractivity contribution in [2.45, 2.75) is 4.90 Å². The molecule has 0 amide bonds. The lowest BCUT2D eigenvalue weighted by molar-refractivity contribution is 0.488. The Balaban J connectivity index is 2.03. The van der Waals surface area contributed by atoms with Gasteiger partial charge in [-0.2, -0.15) is 8.42 Å². The summed E-state index contributed by atoms with van der Waals surface area (Å²) in [6.07, 6.45) is 0. The summed E-state index contributed by atoms with van der Waals surface area (Å²) < 4.78 is 42.5. The molecule has 0 heterocycles. The number of hydrogen-bond donors (Lipinski definition) is 0. The van der Waals surface area contributed by atoms with E-state index < -0.39 is 15.9 Å². The van der Waals surface area contributed by atoms with Crippen LogP contribution in [0.15, 0.2) is 71.6 Å². The molecule has 0 radical (unpaired) electrons. The first-order valence-electron chi connectivity index (χ1n) is 6.24. The summed E-state index contributed by atoms with van der Waals surface area (Å²) in [5.41, 5.74) is 0. The van der Waals surface area contributed by atoms with Crippen molar-refractivity contribution in [1.29, 1.82) is 0 Å². The Bertz CT molecular complexity index is 882. The van der Waals surface area contributed by atoms with Crippen molar-refractivity contribution >= 4 is 20.9 Å². The SMILES string of the molecule is O=S(=O)(Oc1cccc2ccccc12)c1ccc(F)cc1. The Labute approximate surface area is 121 Å². The maximum Gasteiger partial charge on any atom is 0.339 e. The van der Waals surface area contributed by atoms with Crippen LogP contribution in [0.25, 0.3) is 10.8 Å². The van der Waals surface area contributed by atoms with Gasteiger partial charge in [-0.15, -0.1) is 0 Å². The lowest BCUT2D eigenvalue weighted by atomic mass is 10.1. The van der Waals surface area contributed by atoms with Gasteiger partial charge in [-0.1, -0.05) is 36.4 Å². The zero-order valence-electron chi connectivity index (χ0n) is 10.9. The predicted octanol–water partition coefficient (Wildman–Crippen LogP) is 3.75. The quantitative estimate of drug-likeness (QED) is 0.692. The van der Waals surface area contributed by atoms with Crippen LogP contribution in [0.3, 0.4) is 0 Å². The van der Waals surface area contributed by atoms with Gasteiger partial charge in [0.2, 0.25) is 0 Å². The first-order chi connectivity index (χ1) is 10.1. The van der Waals surface area contributed by atoms with Crippen LogP contribution in [0.4, 0.5) is 4.39 Å². The Hall–Kier alpha value is -2.40. The van der Waals surface area contributed by atoms with E-state index in [1.54, 1.807) is 24.3 Å². The molecular weight excluding hydrogens is 291 g/mol. The maximum absolute atomic E-state index is 12.9. The third-order valence-electron chi connectivity index (χ3n) is 3.05. The molecule has 0 bridgehead atoms. The van der Waals surface area contributed by atoms with Crippen LogP contribution >= 0.6 is 0 Å².